The van der Waals surface area contributed by atoms with Crippen molar-refractivity contribution in [2.45, 2.75) is 32.5 Å². The molecule has 3 heteroatoms. The van der Waals surface area contributed by atoms with Crippen molar-refractivity contribution in [3.8, 4) is 0 Å². The molecule has 1 amide bonds. The Morgan fingerprint density at radius 1 is 1.61 bits per heavy atom. The Morgan fingerprint density at radius 3 is 3.11 bits per heavy atom. The molecule has 2 N–H and O–H groups in total. The Balaban J connectivity index is 2.37. The lowest BCUT2D eigenvalue weighted by molar-refractivity contribution is -0.121. The van der Waals surface area contributed by atoms with Gasteiger partial charge in [-0.3, -0.25) is 4.79 Å². The maximum absolute atomic E-state index is 11.9. The van der Waals surface area contributed by atoms with E-state index in [1.807, 2.05) is 0 Å². The summed E-state index contributed by atoms with van der Waals surface area (Å²) in [6.07, 6.45) is -4.69. The van der Waals surface area contributed by atoms with E-state index in [4.69, 9.17) is 25.6 Å². The molecule has 1 atom stereocenters. The van der Waals surface area contributed by atoms with Gasteiger partial charge in [0.15, 0.2) is 0 Å². The van der Waals surface area contributed by atoms with Gasteiger partial charge in [0.25, 0.3) is 0 Å². The second kappa shape index (κ2) is 4.13. The van der Waals surface area contributed by atoms with Crippen LogP contribution in [0.2, 0.25) is 5.02 Å². The summed E-state index contributed by atoms with van der Waals surface area (Å²) in [6, 6.07) is 0.0136. The summed E-state index contributed by atoms with van der Waals surface area (Å²) < 4.78 is 49.3. The van der Waals surface area contributed by atoms with Crippen LogP contribution in [0.4, 0.5) is 0 Å². The van der Waals surface area contributed by atoms with E-state index in [-0.39, 0.29) is 40.2 Å². The van der Waals surface area contributed by atoms with Gasteiger partial charge in [-0.1, -0.05) is 17.6 Å². The Morgan fingerprint density at radius 2 is 2.39 bits per heavy atom. The van der Waals surface area contributed by atoms with Gasteiger partial charge in [0.05, 0.1) is 8.66 Å². The van der Waals surface area contributed by atoms with Crippen molar-refractivity contribution in [2.24, 2.45) is 11.7 Å². The van der Waals surface area contributed by atoms with Crippen LogP contribution in [0.5, 0.6) is 0 Å². The first-order chi connectivity index (χ1) is 10.9. The predicted octanol–water partition coefficient (Wildman–Crippen LogP) is 3.24. The number of amides is 1. The number of carbonyl (C=O) groups excluding carboxylic acids is 1. The van der Waals surface area contributed by atoms with Gasteiger partial charge in [0.2, 0.25) is 5.91 Å². The highest BCUT2D eigenvalue weighted by atomic mass is 35.5. The number of nitrogens with two attached hydrogens (primary N) is 1. The molecule has 0 aliphatic heterocycles. The van der Waals surface area contributed by atoms with E-state index in [2.05, 4.69) is 0 Å². The summed E-state index contributed by atoms with van der Waals surface area (Å²) in [7, 11) is 0. The van der Waals surface area contributed by atoms with Crippen molar-refractivity contribution in [3.05, 3.63) is 39.4 Å². The molecule has 0 aromatic heterocycles. The fraction of sp³-hybridized carbons (Fsp3) is 0.400. The van der Waals surface area contributed by atoms with E-state index in [0.717, 1.165) is 0 Å². The maximum atomic E-state index is 11.9. The predicted molar refractivity (Wildman–Crippen MR) is 73.3 cm³/mol. The van der Waals surface area contributed by atoms with E-state index in [1.165, 1.54) is 0 Å². The zero-order valence-electron chi connectivity index (χ0n) is 15.9. The van der Waals surface area contributed by atoms with E-state index < -0.39 is 31.0 Å². The number of allylic oxidation sites excluding steroid dienone is 1. The van der Waals surface area contributed by atoms with E-state index in [9.17, 15) is 4.79 Å². The van der Waals surface area contributed by atoms with Crippen molar-refractivity contribution >= 4 is 23.1 Å². The molecule has 2 nitrogen and oxygen atoms in total. The molecule has 0 spiro atoms. The maximum Gasteiger partial charge on any atom is 0.224 e. The van der Waals surface area contributed by atoms with Gasteiger partial charge < -0.3 is 5.73 Å². The molecule has 0 heterocycles. The van der Waals surface area contributed by atoms with Crippen LogP contribution in [0.1, 0.15) is 44.1 Å². The Hall–Kier alpha value is -1.28. The Labute approximate surface area is 120 Å². The minimum absolute atomic E-state index is 0.0417. The largest absolute Gasteiger partial charge is 0.369 e. The fourth-order valence-electron chi connectivity index (χ4n) is 2.49. The van der Waals surface area contributed by atoms with Crippen LogP contribution in [-0.2, 0) is 11.2 Å². The highest BCUT2D eigenvalue weighted by Gasteiger charge is 2.33. The summed E-state index contributed by atoms with van der Waals surface area (Å²) in [5.41, 5.74) is 6.80. The van der Waals surface area contributed by atoms with Crippen LogP contribution >= 0.6 is 11.6 Å². The third-order valence-corrected chi connectivity index (χ3v) is 3.72. The molecule has 18 heavy (non-hydrogen) atoms. The summed E-state index contributed by atoms with van der Waals surface area (Å²) in [6.45, 7) is 1.61. The van der Waals surface area contributed by atoms with Crippen molar-refractivity contribution < 1.29 is 13.0 Å². The average molecular weight is 268 g/mol. The van der Waals surface area contributed by atoms with Gasteiger partial charge in [-0.25, -0.2) is 0 Å². The van der Waals surface area contributed by atoms with Gasteiger partial charge in [0.1, 0.15) is 0 Å². The quantitative estimate of drug-likeness (QED) is 0.834. The van der Waals surface area contributed by atoms with Crippen LogP contribution in [0.15, 0.2) is 17.7 Å². The number of hydrogen-bond acceptors (Lipinski definition) is 1. The Kier molecular flexibility index (Phi) is 1.55. The van der Waals surface area contributed by atoms with Gasteiger partial charge in [-0.15, -0.1) is 0 Å². The van der Waals surface area contributed by atoms with Crippen molar-refractivity contribution in [1.29, 1.82) is 0 Å². The minimum atomic E-state index is -2.13. The second-order valence-electron chi connectivity index (χ2n) is 4.51. The first-order valence-corrected chi connectivity index (χ1v) is 6.09. The first-order valence-electron chi connectivity index (χ1n) is 8.71. The zero-order valence-corrected chi connectivity index (χ0v) is 10.6. The first kappa shape index (κ1) is 6.76. The van der Waals surface area contributed by atoms with Crippen molar-refractivity contribution in [1.82, 2.24) is 0 Å². The number of benzene rings is 1. The molecule has 0 saturated heterocycles. The van der Waals surface area contributed by atoms with Gasteiger partial charge in [-0.05, 0) is 66.4 Å². The second-order valence-corrected chi connectivity index (χ2v) is 4.89. The topological polar surface area (TPSA) is 43.1 Å². The van der Waals surface area contributed by atoms with Crippen LogP contribution in [-0.4, -0.2) is 5.91 Å². The van der Waals surface area contributed by atoms with Gasteiger partial charge in [0, 0.05) is 10.5 Å². The highest BCUT2D eigenvalue weighted by Crippen LogP contribution is 2.45. The lowest BCUT2D eigenvalue weighted by Gasteiger charge is -2.22. The molecule has 1 aromatic rings. The zero-order chi connectivity index (χ0) is 18.2. The molecular weight excluding hydrogens is 246 g/mol. The third kappa shape index (κ3) is 1.67. The number of primary amides is 1. The van der Waals surface area contributed by atoms with Gasteiger partial charge in [-0.2, -0.15) is 0 Å². The number of fused-ring (bicyclic) bond motifs is 2. The van der Waals surface area contributed by atoms with Crippen molar-refractivity contribution in [3.63, 3.8) is 0 Å². The molecule has 0 saturated carbocycles. The normalized spacial score (nSPS) is 32.2. The van der Waals surface area contributed by atoms with Crippen LogP contribution in [0.25, 0.3) is 5.57 Å². The summed E-state index contributed by atoms with van der Waals surface area (Å²) in [5, 5.41) is 0.0764. The number of hydrogen-bond donors (Lipinski definition) is 1. The lowest BCUT2D eigenvalue weighted by Crippen LogP contribution is -2.27. The third-order valence-electron chi connectivity index (χ3n) is 3.35. The summed E-state index contributed by atoms with van der Waals surface area (Å²) in [5.74, 6) is -2.14. The number of carbonyl (C=O) groups is 1. The van der Waals surface area contributed by atoms with E-state index >= 15 is 0 Å². The standard InChI is InChI=1S/C15H16ClNO/c1-8-5-9-6-13-10(12(9)7-14(8)16)3-2-4-11(13)15(17)18/h5,7,11H,2-4,6H2,1H3,(H2,17,18)/i3D2,4D2,5D,7D. The van der Waals surface area contributed by atoms with E-state index in [1.54, 1.807) is 6.92 Å². The molecule has 1 aromatic carbocycles. The average Bonchev–Trinajstić information content (AvgIpc) is 2.81. The monoisotopic (exact) mass is 267 g/mol. The molecule has 3 rings (SSSR count). The molecule has 1 unspecified atom stereocenters. The molecular formula is C15H16ClNO. The molecule has 0 fully saturated rings. The molecule has 2 aliphatic carbocycles. The smallest absolute Gasteiger partial charge is 0.224 e. The van der Waals surface area contributed by atoms with Crippen molar-refractivity contribution in [2.75, 3.05) is 0 Å². The Bertz CT molecular complexity index is 817. The SMILES string of the molecule is [2H]c1c(C)c(Cl)c([2H])c2c1CC1=C2C([2H])([2H])CC([2H])([2H])C1C(N)=O. The molecule has 94 valence electrons. The van der Waals surface area contributed by atoms with Crippen LogP contribution < -0.4 is 5.73 Å². The highest BCUT2D eigenvalue weighted by molar-refractivity contribution is 6.31. The lowest BCUT2D eigenvalue weighted by atomic mass is 9.82. The summed E-state index contributed by atoms with van der Waals surface area (Å²) >= 11 is 6.13. The molecule has 0 radical (unpaired) electrons. The van der Waals surface area contributed by atoms with E-state index in [0.29, 0.717) is 11.1 Å². The summed E-state index contributed by atoms with van der Waals surface area (Å²) in [4.78, 5) is 11.9. The van der Waals surface area contributed by atoms with Crippen LogP contribution in [0.3, 0.4) is 0 Å². The van der Waals surface area contributed by atoms with Crippen LogP contribution in [0, 0.1) is 12.8 Å². The molecule has 0 bridgehead atoms. The molecule has 2 aliphatic rings. The van der Waals surface area contributed by atoms with Gasteiger partial charge >= 0.3 is 0 Å². The number of rotatable bonds is 1. The number of halogens is 1. The fourth-order valence-corrected chi connectivity index (χ4v) is 2.64. The minimum Gasteiger partial charge on any atom is -0.369 e.